The number of esters is 1. The third-order valence-corrected chi connectivity index (χ3v) is 5.52. The Morgan fingerprint density at radius 2 is 2.03 bits per heavy atom. The van der Waals surface area contributed by atoms with Gasteiger partial charge in [0.2, 0.25) is 5.95 Å². The summed E-state index contributed by atoms with van der Waals surface area (Å²) in [6.45, 7) is 5.64. The monoisotopic (exact) mass is 424 g/mol. The molecule has 2 aromatic heterocycles. The second-order valence-corrected chi connectivity index (χ2v) is 9.25. The Labute approximate surface area is 177 Å². The standard InChI is InChI=1S/C21H20N4O2S2/c1-21(2,3)19(26)27-11-16-24-15-8-7-12-10-22-20(25-17(12)18(15)29-16)23-13-5-4-6-14(28)9-13/h4-10,28H,11H2,1-3H3,(H,22,23,25). The molecular weight excluding hydrogens is 404 g/mol. The minimum Gasteiger partial charge on any atom is -0.458 e. The van der Waals surface area contributed by atoms with Crippen molar-refractivity contribution >= 4 is 62.7 Å². The fourth-order valence-corrected chi connectivity index (χ4v) is 3.90. The van der Waals surface area contributed by atoms with E-state index in [0.29, 0.717) is 5.95 Å². The van der Waals surface area contributed by atoms with E-state index >= 15 is 0 Å². The second kappa shape index (κ2) is 7.61. The first-order valence-corrected chi connectivity index (χ1v) is 10.3. The van der Waals surface area contributed by atoms with Gasteiger partial charge in [-0.1, -0.05) is 6.07 Å². The van der Waals surface area contributed by atoms with E-state index < -0.39 is 5.41 Å². The van der Waals surface area contributed by atoms with Gasteiger partial charge in [-0.05, 0) is 51.1 Å². The predicted octanol–water partition coefficient (Wildman–Crippen LogP) is 5.36. The SMILES string of the molecule is CC(C)(C)C(=O)OCc1nc2ccc3cnc(Nc4cccc(S)c4)nc3c2s1. The lowest BCUT2D eigenvalue weighted by atomic mass is 9.97. The molecule has 0 radical (unpaired) electrons. The van der Waals surface area contributed by atoms with E-state index in [1.807, 2.05) is 57.2 Å². The van der Waals surface area contributed by atoms with E-state index in [9.17, 15) is 4.79 Å². The van der Waals surface area contributed by atoms with Gasteiger partial charge in [-0.25, -0.2) is 15.0 Å². The Hall–Kier alpha value is -2.71. The van der Waals surface area contributed by atoms with Crippen LogP contribution < -0.4 is 5.32 Å². The minimum atomic E-state index is -0.540. The molecule has 6 nitrogen and oxygen atoms in total. The van der Waals surface area contributed by atoms with E-state index in [4.69, 9.17) is 9.72 Å². The van der Waals surface area contributed by atoms with Crippen molar-refractivity contribution in [1.29, 1.82) is 0 Å². The maximum atomic E-state index is 12.0. The molecule has 29 heavy (non-hydrogen) atoms. The van der Waals surface area contributed by atoms with Crippen LogP contribution in [0.3, 0.4) is 0 Å². The number of fused-ring (bicyclic) bond motifs is 3. The normalized spacial score (nSPS) is 11.7. The van der Waals surface area contributed by atoms with Crippen molar-refractivity contribution in [2.45, 2.75) is 32.3 Å². The summed E-state index contributed by atoms with van der Waals surface area (Å²) in [7, 11) is 0. The van der Waals surface area contributed by atoms with Gasteiger partial charge in [0, 0.05) is 22.2 Å². The van der Waals surface area contributed by atoms with Gasteiger partial charge in [-0.2, -0.15) is 0 Å². The fraction of sp³-hybridized carbons (Fsp3) is 0.238. The van der Waals surface area contributed by atoms with Gasteiger partial charge >= 0.3 is 5.97 Å². The highest BCUT2D eigenvalue weighted by atomic mass is 32.1. The van der Waals surface area contributed by atoms with Crippen molar-refractivity contribution in [1.82, 2.24) is 15.0 Å². The number of aromatic nitrogens is 3. The van der Waals surface area contributed by atoms with Crippen LogP contribution in [0.25, 0.3) is 21.1 Å². The first kappa shape index (κ1) is 19.6. The zero-order valence-corrected chi connectivity index (χ0v) is 18.0. The molecule has 0 saturated carbocycles. The molecule has 0 amide bonds. The van der Waals surface area contributed by atoms with Crippen molar-refractivity contribution in [2.75, 3.05) is 5.32 Å². The lowest BCUT2D eigenvalue weighted by Gasteiger charge is -2.15. The molecule has 2 heterocycles. The van der Waals surface area contributed by atoms with Gasteiger partial charge in [-0.3, -0.25) is 4.79 Å². The molecule has 0 atom stereocenters. The molecule has 0 spiro atoms. The van der Waals surface area contributed by atoms with E-state index in [-0.39, 0.29) is 12.6 Å². The number of benzene rings is 2. The maximum Gasteiger partial charge on any atom is 0.311 e. The summed E-state index contributed by atoms with van der Waals surface area (Å²) in [5.74, 6) is 0.250. The van der Waals surface area contributed by atoms with Crippen LogP contribution >= 0.6 is 24.0 Å². The summed E-state index contributed by atoms with van der Waals surface area (Å²) >= 11 is 5.84. The van der Waals surface area contributed by atoms with Crippen LogP contribution in [-0.2, 0) is 16.1 Å². The zero-order valence-electron chi connectivity index (χ0n) is 16.3. The zero-order chi connectivity index (χ0) is 20.6. The van der Waals surface area contributed by atoms with Gasteiger partial charge in [0.05, 0.1) is 21.1 Å². The molecule has 4 rings (SSSR count). The van der Waals surface area contributed by atoms with Crippen molar-refractivity contribution < 1.29 is 9.53 Å². The molecule has 0 bridgehead atoms. The van der Waals surface area contributed by atoms with Gasteiger partial charge in [-0.15, -0.1) is 24.0 Å². The number of rotatable bonds is 4. The topological polar surface area (TPSA) is 77.0 Å². The fourth-order valence-electron chi connectivity index (χ4n) is 2.70. The minimum absolute atomic E-state index is 0.155. The Kier molecular flexibility index (Phi) is 5.14. The Morgan fingerprint density at radius 3 is 2.79 bits per heavy atom. The number of nitrogens with zero attached hydrogens (tertiary/aromatic N) is 3. The van der Waals surface area contributed by atoms with E-state index in [1.54, 1.807) is 6.20 Å². The average Bonchev–Trinajstić information content (AvgIpc) is 3.09. The number of anilines is 2. The summed E-state index contributed by atoms with van der Waals surface area (Å²) < 4.78 is 6.35. The molecular formula is C21H20N4O2S2. The van der Waals surface area contributed by atoms with Crippen LogP contribution in [-0.4, -0.2) is 20.9 Å². The van der Waals surface area contributed by atoms with Gasteiger partial charge < -0.3 is 10.1 Å². The number of hydrogen-bond donors (Lipinski definition) is 2. The number of thiazole rings is 1. The lowest BCUT2D eigenvalue weighted by Crippen LogP contribution is -2.22. The van der Waals surface area contributed by atoms with Gasteiger partial charge in [0.25, 0.3) is 0 Å². The highest BCUT2D eigenvalue weighted by Gasteiger charge is 2.23. The Balaban J connectivity index is 1.65. The van der Waals surface area contributed by atoms with Crippen LogP contribution in [0.4, 0.5) is 11.6 Å². The molecule has 0 aliphatic rings. The first-order valence-electron chi connectivity index (χ1n) is 9.08. The summed E-state index contributed by atoms with van der Waals surface area (Å²) in [5.41, 5.74) is 1.96. The van der Waals surface area contributed by atoms with E-state index in [2.05, 4.69) is 27.9 Å². The van der Waals surface area contributed by atoms with Gasteiger partial charge in [0.15, 0.2) is 0 Å². The smallest absolute Gasteiger partial charge is 0.311 e. The highest BCUT2D eigenvalue weighted by molar-refractivity contribution is 7.80. The Bertz CT molecular complexity index is 1210. The summed E-state index contributed by atoms with van der Waals surface area (Å²) in [4.78, 5) is 26.6. The van der Waals surface area contributed by atoms with Crippen LogP contribution in [0.15, 0.2) is 47.5 Å². The number of nitrogens with one attached hydrogen (secondary N) is 1. The lowest BCUT2D eigenvalue weighted by molar-refractivity contribution is -0.154. The van der Waals surface area contributed by atoms with Gasteiger partial charge in [0.1, 0.15) is 11.6 Å². The first-order chi connectivity index (χ1) is 13.8. The van der Waals surface area contributed by atoms with Crippen molar-refractivity contribution in [3.63, 3.8) is 0 Å². The molecule has 1 N–H and O–H groups in total. The third-order valence-electron chi connectivity index (χ3n) is 4.19. The number of ether oxygens (including phenoxy) is 1. The highest BCUT2D eigenvalue weighted by Crippen LogP contribution is 2.30. The Morgan fingerprint density at radius 1 is 1.21 bits per heavy atom. The molecule has 2 aromatic carbocycles. The largest absolute Gasteiger partial charge is 0.458 e. The molecule has 0 aliphatic carbocycles. The number of carbonyl (C=O) groups is 1. The molecule has 0 unspecified atom stereocenters. The second-order valence-electron chi connectivity index (χ2n) is 7.65. The van der Waals surface area contributed by atoms with Crippen molar-refractivity contribution in [3.05, 3.63) is 47.6 Å². The molecule has 0 aliphatic heterocycles. The number of thiol groups is 1. The quantitative estimate of drug-likeness (QED) is 0.339. The maximum absolute atomic E-state index is 12.0. The van der Waals surface area contributed by atoms with Crippen LogP contribution in [0, 0.1) is 5.41 Å². The van der Waals surface area contributed by atoms with Crippen molar-refractivity contribution in [2.24, 2.45) is 5.41 Å². The third kappa shape index (κ3) is 4.33. The number of hydrogen-bond acceptors (Lipinski definition) is 8. The van der Waals surface area contributed by atoms with Crippen LogP contribution in [0.2, 0.25) is 0 Å². The molecule has 8 heteroatoms. The molecule has 4 aromatic rings. The van der Waals surface area contributed by atoms with Crippen LogP contribution in [0.5, 0.6) is 0 Å². The number of carbonyl (C=O) groups excluding carboxylic acids is 1. The van der Waals surface area contributed by atoms with Crippen molar-refractivity contribution in [3.8, 4) is 0 Å². The van der Waals surface area contributed by atoms with Crippen LogP contribution in [0.1, 0.15) is 25.8 Å². The average molecular weight is 425 g/mol. The summed E-state index contributed by atoms with van der Waals surface area (Å²) in [6, 6.07) is 11.5. The predicted molar refractivity (Wildman–Crippen MR) is 119 cm³/mol. The molecule has 0 saturated heterocycles. The van der Waals surface area contributed by atoms with E-state index in [0.717, 1.165) is 36.7 Å². The molecule has 148 valence electrons. The summed E-state index contributed by atoms with van der Waals surface area (Å²) in [5, 5.41) is 4.87. The molecule has 0 fully saturated rings. The summed E-state index contributed by atoms with van der Waals surface area (Å²) in [6.07, 6.45) is 1.79. The van der Waals surface area contributed by atoms with E-state index in [1.165, 1.54) is 11.3 Å².